The van der Waals surface area contributed by atoms with Gasteiger partial charge in [0.15, 0.2) is 0 Å². The van der Waals surface area contributed by atoms with Gasteiger partial charge < -0.3 is 10.1 Å². The Morgan fingerprint density at radius 1 is 1.37 bits per heavy atom. The maximum atomic E-state index is 13.3. The summed E-state index contributed by atoms with van der Waals surface area (Å²) in [6.07, 6.45) is -3.59. The molecule has 1 aliphatic rings. The fraction of sp³-hybridized carbons (Fsp3) is 0.500. The zero-order valence-electron chi connectivity index (χ0n) is 10.00. The van der Waals surface area contributed by atoms with Crippen LogP contribution < -0.4 is 10.1 Å². The minimum atomic E-state index is -4.50. The van der Waals surface area contributed by atoms with Crippen molar-refractivity contribution in [1.82, 2.24) is 10.3 Å². The summed E-state index contributed by atoms with van der Waals surface area (Å²) in [4.78, 5) is 3.74. The number of rotatable bonds is 2. The smallest absolute Gasteiger partial charge is 0.428 e. The van der Waals surface area contributed by atoms with E-state index >= 15 is 0 Å². The predicted molar refractivity (Wildman–Crippen MR) is 60.5 cm³/mol. The van der Waals surface area contributed by atoms with Crippen LogP contribution in [0.1, 0.15) is 18.4 Å². The van der Waals surface area contributed by atoms with E-state index < -0.39 is 11.8 Å². The van der Waals surface area contributed by atoms with Gasteiger partial charge in [-0.15, -0.1) is 0 Å². The first-order chi connectivity index (χ1) is 8.98. The number of piperidine rings is 1. The van der Waals surface area contributed by atoms with Gasteiger partial charge in [-0.1, -0.05) is 0 Å². The van der Waals surface area contributed by atoms with Crippen molar-refractivity contribution in [3.05, 3.63) is 23.9 Å². The lowest BCUT2D eigenvalue weighted by Crippen LogP contribution is -2.56. The number of nitriles is 1. The summed E-state index contributed by atoms with van der Waals surface area (Å²) in [7, 11) is 0. The molecule has 0 spiro atoms. The molecule has 1 N–H and O–H groups in total. The van der Waals surface area contributed by atoms with Crippen LogP contribution in [0.5, 0.6) is 5.88 Å². The Labute approximate surface area is 108 Å². The highest BCUT2D eigenvalue weighted by Gasteiger charge is 2.57. The van der Waals surface area contributed by atoms with Gasteiger partial charge in [-0.3, -0.25) is 0 Å². The molecule has 2 heterocycles. The number of pyridine rings is 1. The summed E-state index contributed by atoms with van der Waals surface area (Å²) >= 11 is 0. The van der Waals surface area contributed by atoms with Gasteiger partial charge in [-0.2, -0.15) is 18.4 Å². The summed E-state index contributed by atoms with van der Waals surface area (Å²) < 4.78 is 44.9. The molecule has 1 aromatic heterocycles. The number of aromatic nitrogens is 1. The molecule has 4 nitrogen and oxygen atoms in total. The van der Waals surface area contributed by atoms with Crippen LogP contribution in [-0.4, -0.2) is 29.9 Å². The van der Waals surface area contributed by atoms with Gasteiger partial charge in [0.2, 0.25) is 11.5 Å². The second-order valence-electron chi connectivity index (χ2n) is 4.31. The molecule has 102 valence electrons. The SMILES string of the molecule is N#Cc1cccnc1OC1(C(F)(F)F)CCNCC1. The molecule has 0 saturated carbocycles. The van der Waals surface area contributed by atoms with E-state index in [-0.39, 0.29) is 37.4 Å². The van der Waals surface area contributed by atoms with Crippen molar-refractivity contribution in [3.8, 4) is 11.9 Å². The van der Waals surface area contributed by atoms with Crippen molar-refractivity contribution >= 4 is 0 Å². The first-order valence-corrected chi connectivity index (χ1v) is 5.80. The Balaban J connectivity index is 2.34. The summed E-state index contributed by atoms with van der Waals surface area (Å²) in [6.45, 7) is 0.433. The molecule has 1 fully saturated rings. The highest BCUT2D eigenvalue weighted by molar-refractivity contribution is 5.37. The Morgan fingerprint density at radius 2 is 2.05 bits per heavy atom. The van der Waals surface area contributed by atoms with Crippen LogP contribution in [0.25, 0.3) is 0 Å². The van der Waals surface area contributed by atoms with Crippen LogP contribution in [0.4, 0.5) is 13.2 Å². The molecular weight excluding hydrogens is 259 g/mol. The summed E-state index contributed by atoms with van der Waals surface area (Å²) in [5, 5.41) is 11.7. The number of nitrogens with zero attached hydrogens (tertiary/aromatic N) is 2. The maximum Gasteiger partial charge on any atom is 0.428 e. The Kier molecular flexibility index (Phi) is 3.62. The van der Waals surface area contributed by atoms with Crippen molar-refractivity contribution < 1.29 is 17.9 Å². The average Bonchev–Trinajstić information content (AvgIpc) is 2.39. The van der Waals surface area contributed by atoms with Crippen molar-refractivity contribution in [2.45, 2.75) is 24.6 Å². The lowest BCUT2D eigenvalue weighted by atomic mass is 9.91. The predicted octanol–water partition coefficient (Wildman–Crippen LogP) is 2.02. The van der Waals surface area contributed by atoms with Crippen molar-refractivity contribution in [3.63, 3.8) is 0 Å². The molecule has 0 aliphatic carbocycles. The minimum absolute atomic E-state index is 0.00431. The molecule has 19 heavy (non-hydrogen) atoms. The molecular formula is C12H12F3N3O. The van der Waals surface area contributed by atoms with E-state index in [1.165, 1.54) is 18.3 Å². The lowest BCUT2D eigenvalue weighted by Gasteiger charge is -2.38. The highest BCUT2D eigenvalue weighted by atomic mass is 19.4. The van der Waals surface area contributed by atoms with Crippen LogP contribution in [0.2, 0.25) is 0 Å². The summed E-state index contributed by atoms with van der Waals surface area (Å²) in [5.74, 6) is -0.260. The fourth-order valence-electron chi connectivity index (χ4n) is 2.02. The van der Waals surface area contributed by atoms with Crippen LogP contribution in [0.15, 0.2) is 18.3 Å². The molecule has 7 heteroatoms. The van der Waals surface area contributed by atoms with Gasteiger partial charge in [-0.25, -0.2) is 4.98 Å². The van der Waals surface area contributed by atoms with Gasteiger partial charge >= 0.3 is 6.18 Å². The highest BCUT2D eigenvalue weighted by Crippen LogP contribution is 2.40. The molecule has 0 radical (unpaired) electrons. The van der Waals surface area contributed by atoms with E-state index in [0.717, 1.165) is 0 Å². The average molecular weight is 271 g/mol. The minimum Gasteiger partial charge on any atom is -0.460 e. The topological polar surface area (TPSA) is 57.9 Å². The van der Waals surface area contributed by atoms with Gasteiger partial charge in [0.1, 0.15) is 11.6 Å². The van der Waals surface area contributed by atoms with Crippen molar-refractivity contribution in [2.75, 3.05) is 13.1 Å². The van der Waals surface area contributed by atoms with E-state index in [0.29, 0.717) is 0 Å². The lowest BCUT2D eigenvalue weighted by molar-refractivity contribution is -0.257. The molecule has 1 saturated heterocycles. The quantitative estimate of drug-likeness (QED) is 0.894. The Hall–Kier alpha value is -1.81. The number of halogens is 3. The van der Waals surface area contributed by atoms with E-state index in [4.69, 9.17) is 10.00 Å². The largest absolute Gasteiger partial charge is 0.460 e. The van der Waals surface area contributed by atoms with E-state index in [1.807, 2.05) is 0 Å². The number of alkyl halides is 3. The molecule has 0 aromatic carbocycles. The third-order valence-electron chi connectivity index (χ3n) is 3.11. The van der Waals surface area contributed by atoms with Gasteiger partial charge in [-0.05, 0) is 25.2 Å². The van der Waals surface area contributed by atoms with Crippen LogP contribution in [-0.2, 0) is 0 Å². The van der Waals surface area contributed by atoms with E-state index in [9.17, 15) is 13.2 Å². The molecule has 1 aromatic rings. The second-order valence-corrected chi connectivity index (χ2v) is 4.31. The van der Waals surface area contributed by atoms with Gasteiger partial charge in [0.25, 0.3) is 0 Å². The van der Waals surface area contributed by atoms with Crippen LogP contribution in [0, 0.1) is 11.3 Å². The number of hydrogen-bond acceptors (Lipinski definition) is 4. The fourth-order valence-corrected chi connectivity index (χ4v) is 2.02. The first kappa shape index (κ1) is 13.6. The van der Waals surface area contributed by atoms with Gasteiger partial charge in [0.05, 0.1) is 0 Å². The van der Waals surface area contributed by atoms with E-state index in [2.05, 4.69) is 10.3 Å². The third kappa shape index (κ3) is 2.63. The van der Waals surface area contributed by atoms with Crippen LogP contribution >= 0.6 is 0 Å². The first-order valence-electron chi connectivity index (χ1n) is 5.80. The Morgan fingerprint density at radius 3 is 2.63 bits per heavy atom. The molecule has 0 bridgehead atoms. The zero-order valence-corrected chi connectivity index (χ0v) is 10.00. The van der Waals surface area contributed by atoms with Crippen LogP contribution in [0.3, 0.4) is 0 Å². The molecule has 0 unspecified atom stereocenters. The molecule has 1 aliphatic heterocycles. The number of nitrogens with one attached hydrogen (secondary N) is 1. The third-order valence-corrected chi connectivity index (χ3v) is 3.11. The molecule has 0 amide bonds. The number of ether oxygens (including phenoxy) is 1. The Bertz CT molecular complexity index is 490. The van der Waals surface area contributed by atoms with Gasteiger partial charge in [0, 0.05) is 19.0 Å². The van der Waals surface area contributed by atoms with Crippen molar-refractivity contribution in [2.24, 2.45) is 0 Å². The summed E-state index contributed by atoms with van der Waals surface area (Å²) in [6, 6.07) is 4.65. The number of hydrogen-bond donors (Lipinski definition) is 1. The zero-order chi connectivity index (χ0) is 13.9. The standard InChI is InChI=1S/C12H12F3N3O/c13-12(14,15)11(3-6-17-7-4-11)19-10-9(8-16)2-1-5-18-10/h1-2,5,17H,3-4,6-7H2. The van der Waals surface area contributed by atoms with E-state index in [1.54, 1.807) is 6.07 Å². The second kappa shape index (κ2) is 5.05. The summed E-state index contributed by atoms with van der Waals surface area (Å²) in [5.41, 5.74) is -2.26. The molecule has 0 atom stereocenters. The molecule has 2 rings (SSSR count). The monoisotopic (exact) mass is 271 g/mol. The van der Waals surface area contributed by atoms with Crippen molar-refractivity contribution in [1.29, 1.82) is 5.26 Å². The maximum absolute atomic E-state index is 13.3. The normalized spacial score (nSPS) is 18.6.